The second kappa shape index (κ2) is 6.32. The van der Waals surface area contributed by atoms with Crippen molar-refractivity contribution in [2.24, 2.45) is 0 Å². The Kier molecular flexibility index (Phi) is 4.17. The van der Waals surface area contributed by atoms with Crippen molar-refractivity contribution in [3.05, 3.63) is 47.5 Å². The molecule has 6 nitrogen and oxygen atoms in total. The Bertz CT molecular complexity index is 976. The number of amides is 2. The molecular formula is C18H17BF3N4O2. The van der Waals surface area contributed by atoms with Crippen LogP contribution in [0.1, 0.15) is 23.8 Å². The van der Waals surface area contributed by atoms with Crippen LogP contribution in [0.15, 0.2) is 30.6 Å². The molecule has 4 rings (SSSR count). The van der Waals surface area contributed by atoms with Crippen molar-refractivity contribution in [1.29, 1.82) is 0 Å². The summed E-state index contributed by atoms with van der Waals surface area (Å²) >= 11 is 0. The Labute approximate surface area is 160 Å². The van der Waals surface area contributed by atoms with Crippen LogP contribution < -0.4 is 10.8 Å². The zero-order chi connectivity index (χ0) is 20.1. The van der Waals surface area contributed by atoms with E-state index in [9.17, 15) is 22.8 Å². The third-order valence-electron chi connectivity index (χ3n) is 5.18. The lowest BCUT2D eigenvalue weighted by molar-refractivity contribution is -0.117. The van der Waals surface area contributed by atoms with E-state index >= 15 is 0 Å². The molecule has 1 N–H and O–H groups in total. The van der Waals surface area contributed by atoms with Gasteiger partial charge in [0.05, 0.1) is 17.8 Å². The molecule has 1 aromatic carbocycles. The van der Waals surface area contributed by atoms with Gasteiger partial charge in [-0.25, -0.2) is 23.1 Å². The third-order valence-corrected chi connectivity index (χ3v) is 5.18. The van der Waals surface area contributed by atoms with Crippen molar-refractivity contribution < 1.29 is 24.2 Å². The molecule has 2 heterocycles. The topological polar surface area (TPSA) is 75.2 Å². The summed E-state index contributed by atoms with van der Waals surface area (Å²) in [6.07, 6.45) is 1.40. The van der Waals surface area contributed by atoms with Gasteiger partial charge in [-0.05, 0) is 11.6 Å². The number of carbonyl (C=O) groups is 2. The van der Waals surface area contributed by atoms with E-state index in [-0.39, 0.29) is 25.9 Å². The molecule has 0 saturated heterocycles. The molecule has 10 heteroatoms. The largest absolute Gasteiger partial charge is 0.328 e. The number of fused-ring (bicyclic) bond motifs is 2. The molecule has 2 amide bonds. The molecule has 1 aromatic heterocycles. The van der Waals surface area contributed by atoms with E-state index in [4.69, 9.17) is 0 Å². The summed E-state index contributed by atoms with van der Waals surface area (Å²) in [5, 5.41) is 2.33. The first-order chi connectivity index (χ1) is 13.3. The van der Waals surface area contributed by atoms with Crippen LogP contribution in [0.25, 0.3) is 0 Å². The highest BCUT2D eigenvalue weighted by molar-refractivity contribution is 6.52. The van der Waals surface area contributed by atoms with Crippen molar-refractivity contribution in [1.82, 2.24) is 14.9 Å². The van der Waals surface area contributed by atoms with Gasteiger partial charge >= 0.3 is 0 Å². The number of aromatic nitrogens is 2. The Morgan fingerprint density at radius 1 is 1.36 bits per heavy atom. The molecule has 1 saturated carbocycles. The van der Waals surface area contributed by atoms with Gasteiger partial charge in [-0.3, -0.25) is 14.9 Å². The van der Waals surface area contributed by atoms with Crippen LogP contribution in [0.2, 0.25) is 6.82 Å². The SMILES string of the molecule is C[B]c1ccc2c(c1)C1(CN(CC(=O)Nc3ncc(F)cn3)C2=O)CC1(F)F.[HH]. The number of hydrogen-bond acceptors (Lipinski definition) is 4. The van der Waals surface area contributed by atoms with Gasteiger partial charge in [0.2, 0.25) is 11.9 Å². The average molecular weight is 389 g/mol. The fourth-order valence-electron chi connectivity index (χ4n) is 3.62. The minimum atomic E-state index is -2.94. The summed E-state index contributed by atoms with van der Waals surface area (Å²) in [6, 6.07) is 4.83. The van der Waals surface area contributed by atoms with Crippen molar-refractivity contribution >= 4 is 30.5 Å². The Hall–Kier alpha value is -2.91. The van der Waals surface area contributed by atoms with Crippen molar-refractivity contribution in [3.63, 3.8) is 0 Å². The lowest BCUT2D eigenvalue weighted by Crippen LogP contribution is -2.49. The van der Waals surface area contributed by atoms with Gasteiger partial charge < -0.3 is 4.90 Å². The highest BCUT2D eigenvalue weighted by atomic mass is 19.3. The molecule has 1 fully saturated rings. The number of anilines is 1. The standard InChI is InChI=1S/C18H15BF3N4O2.H2/c1-19-10-2-3-12-13(4-10)17(8-18(17,21)22)9-26(15(12)28)7-14(27)25-16-23-5-11(20)6-24-16;/h2-6H,7-9H2,1H3,(H,23,24,25,27);1H. The molecule has 1 aliphatic carbocycles. The molecule has 1 spiro atoms. The summed E-state index contributed by atoms with van der Waals surface area (Å²) in [5.74, 6) is -4.88. The normalized spacial score (nSPS) is 22.0. The Balaban J connectivity index is 0.00000240. The number of halogens is 3. The smallest absolute Gasteiger partial charge is 0.260 e. The van der Waals surface area contributed by atoms with Crippen LogP contribution in [0.5, 0.6) is 0 Å². The maximum Gasteiger partial charge on any atom is 0.260 e. The number of carbonyl (C=O) groups excluding carboxylic acids is 2. The average Bonchev–Trinajstić information content (AvgIpc) is 3.22. The van der Waals surface area contributed by atoms with Gasteiger partial charge in [0.15, 0.2) is 5.82 Å². The van der Waals surface area contributed by atoms with Crippen molar-refractivity contribution in [3.8, 4) is 0 Å². The number of benzene rings is 1. The second-order valence-electron chi connectivity index (χ2n) is 6.99. The fourth-order valence-corrected chi connectivity index (χ4v) is 3.62. The van der Waals surface area contributed by atoms with E-state index in [1.165, 1.54) is 6.07 Å². The third kappa shape index (κ3) is 2.92. The first kappa shape index (κ1) is 18.5. The molecule has 2 aliphatic rings. The van der Waals surface area contributed by atoms with E-state index in [0.29, 0.717) is 5.56 Å². The number of hydrogen-bond donors (Lipinski definition) is 1. The summed E-state index contributed by atoms with van der Waals surface area (Å²) in [7, 11) is 1.78. The van der Waals surface area contributed by atoms with E-state index in [1.807, 2.05) is 0 Å². The monoisotopic (exact) mass is 389 g/mol. The van der Waals surface area contributed by atoms with E-state index in [1.54, 1.807) is 26.2 Å². The Morgan fingerprint density at radius 2 is 2.04 bits per heavy atom. The van der Waals surface area contributed by atoms with Crippen LogP contribution in [0.4, 0.5) is 19.1 Å². The van der Waals surface area contributed by atoms with E-state index in [0.717, 1.165) is 22.8 Å². The Morgan fingerprint density at radius 3 is 2.64 bits per heavy atom. The van der Waals surface area contributed by atoms with Gasteiger partial charge in [-0.1, -0.05) is 24.4 Å². The van der Waals surface area contributed by atoms with E-state index < -0.39 is 35.5 Å². The second-order valence-corrected chi connectivity index (χ2v) is 6.99. The maximum absolute atomic E-state index is 14.3. The zero-order valence-electron chi connectivity index (χ0n) is 14.9. The van der Waals surface area contributed by atoms with Gasteiger partial charge in [-0.15, -0.1) is 0 Å². The molecule has 0 bridgehead atoms. The maximum atomic E-state index is 14.3. The van der Waals surface area contributed by atoms with Crippen LogP contribution in [0, 0.1) is 5.82 Å². The molecule has 2 aromatic rings. The quantitative estimate of drug-likeness (QED) is 0.807. The summed E-state index contributed by atoms with van der Waals surface area (Å²) in [4.78, 5) is 33.3. The predicted molar refractivity (Wildman–Crippen MR) is 97.6 cm³/mol. The molecule has 1 aliphatic heterocycles. The number of nitrogens with zero attached hydrogens (tertiary/aromatic N) is 3. The van der Waals surface area contributed by atoms with Crippen LogP contribution in [-0.4, -0.2) is 53.0 Å². The van der Waals surface area contributed by atoms with Gasteiger partial charge in [0.1, 0.15) is 13.8 Å². The summed E-state index contributed by atoms with van der Waals surface area (Å²) in [5.41, 5.74) is -0.202. The van der Waals surface area contributed by atoms with Gasteiger partial charge in [0.25, 0.3) is 11.8 Å². The lowest BCUT2D eigenvalue weighted by atomic mass is 9.70. The van der Waals surface area contributed by atoms with Crippen LogP contribution >= 0.6 is 0 Å². The molecular weight excluding hydrogens is 372 g/mol. The molecule has 1 radical (unpaired) electrons. The molecule has 1 unspecified atom stereocenters. The molecule has 145 valence electrons. The van der Waals surface area contributed by atoms with Crippen LogP contribution in [0.3, 0.4) is 0 Å². The van der Waals surface area contributed by atoms with Crippen LogP contribution in [-0.2, 0) is 10.2 Å². The first-order valence-corrected chi connectivity index (χ1v) is 8.64. The first-order valence-electron chi connectivity index (χ1n) is 8.64. The number of alkyl halides is 2. The molecule has 1 atom stereocenters. The van der Waals surface area contributed by atoms with Crippen molar-refractivity contribution in [2.45, 2.75) is 24.6 Å². The zero-order valence-corrected chi connectivity index (χ0v) is 14.9. The minimum Gasteiger partial charge on any atom is -0.328 e. The van der Waals surface area contributed by atoms with Gasteiger partial charge in [0, 0.05) is 20.0 Å². The van der Waals surface area contributed by atoms with E-state index in [2.05, 4.69) is 15.3 Å². The summed E-state index contributed by atoms with van der Waals surface area (Å²) in [6.45, 7) is 1.10. The predicted octanol–water partition coefficient (Wildman–Crippen LogP) is 1.61. The number of rotatable bonds is 4. The summed E-state index contributed by atoms with van der Waals surface area (Å²) < 4.78 is 41.5. The highest BCUT2D eigenvalue weighted by Crippen LogP contribution is 2.63. The minimum absolute atomic E-state index is 0. The van der Waals surface area contributed by atoms with Crippen molar-refractivity contribution in [2.75, 3.05) is 18.4 Å². The number of nitrogens with one attached hydrogen (secondary N) is 1. The highest BCUT2D eigenvalue weighted by Gasteiger charge is 2.74. The van der Waals surface area contributed by atoms with Gasteiger partial charge in [-0.2, -0.15) is 0 Å². The lowest BCUT2D eigenvalue weighted by Gasteiger charge is -2.34. The fraction of sp³-hybridized carbons (Fsp3) is 0.333. The molecule has 28 heavy (non-hydrogen) atoms.